The van der Waals surface area contributed by atoms with E-state index in [0.29, 0.717) is 19.3 Å². The summed E-state index contributed by atoms with van der Waals surface area (Å²) in [5.41, 5.74) is 0. The number of carboxylic acids is 1. The zero-order valence-electron chi connectivity index (χ0n) is 16.2. The second-order valence-electron chi connectivity index (χ2n) is 6.30. The third kappa shape index (κ3) is 17.2. The lowest BCUT2D eigenvalue weighted by Crippen LogP contribution is -2.23. The van der Waals surface area contributed by atoms with Gasteiger partial charge in [0.1, 0.15) is 0 Å². The van der Waals surface area contributed by atoms with Gasteiger partial charge in [0.15, 0.2) is 0 Å². The largest absolute Gasteiger partial charge is 0.481 e. The number of hydrogen-bond acceptors (Lipinski definition) is 4. The van der Waals surface area contributed by atoms with Crippen LogP contribution < -0.4 is 0 Å². The Morgan fingerprint density at radius 3 is 2.15 bits per heavy atom. The lowest BCUT2D eigenvalue weighted by atomic mass is 10.1. The van der Waals surface area contributed by atoms with E-state index in [2.05, 4.69) is 6.92 Å². The zero-order chi connectivity index (χ0) is 20.3. The van der Waals surface area contributed by atoms with Gasteiger partial charge in [0.25, 0.3) is 0 Å². The van der Waals surface area contributed by atoms with Gasteiger partial charge in [-0.15, -0.1) is 0 Å². The molecule has 152 valence electrons. The van der Waals surface area contributed by atoms with Crippen molar-refractivity contribution in [3.05, 3.63) is 60.8 Å². The van der Waals surface area contributed by atoms with Gasteiger partial charge in [0.05, 0.1) is 18.3 Å². The number of carboxylic acid groups (broad SMARTS) is 1. The fourth-order valence-corrected chi connectivity index (χ4v) is 2.17. The topological polar surface area (TPSA) is 98.0 Å². The van der Waals surface area contributed by atoms with Crippen LogP contribution >= 0.6 is 0 Å². The molecule has 0 radical (unpaired) electrons. The van der Waals surface area contributed by atoms with Crippen molar-refractivity contribution >= 4 is 5.97 Å². The summed E-state index contributed by atoms with van der Waals surface area (Å²) in [7, 11) is 0. The number of aliphatic hydroxyl groups excluding tert-OH is 3. The summed E-state index contributed by atoms with van der Waals surface area (Å²) in [5.74, 6) is -0.828. The molecule has 0 fully saturated rings. The molecular formula is C22H34O5. The Balaban J connectivity index is 3.98. The van der Waals surface area contributed by atoms with Gasteiger partial charge in [-0.05, 0) is 19.3 Å². The van der Waals surface area contributed by atoms with Crippen molar-refractivity contribution in [2.45, 2.75) is 70.2 Å². The minimum atomic E-state index is -0.853. The predicted molar refractivity (Wildman–Crippen MR) is 109 cm³/mol. The molecule has 0 aliphatic heterocycles. The van der Waals surface area contributed by atoms with Crippen LogP contribution in [0.3, 0.4) is 0 Å². The van der Waals surface area contributed by atoms with E-state index in [1.807, 2.05) is 0 Å². The maximum absolute atomic E-state index is 10.3. The van der Waals surface area contributed by atoms with Crippen LogP contribution in [-0.2, 0) is 4.79 Å². The summed E-state index contributed by atoms with van der Waals surface area (Å²) >= 11 is 0. The lowest BCUT2D eigenvalue weighted by molar-refractivity contribution is -0.136. The lowest BCUT2D eigenvalue weighted by Gasteiger charge is -2.13. The zero-order valence-corrected chi connectivity index (χ0v) is 16.2. The van der Waals surface area contributed by atoms with Crippen LogP contribution in [0.5, 0.6) is 0 Å². The quantitative estimate of drug-likeness (QED) is 0.198. The number of aliphatic hydroxyl groups is 3. The smallest absolute Gasteiger partial charge is 0.303 e. The van der Waals surface area contributed by atoms with Crippen molar-refractivity contribution in [2.24, 2.45) is 0 Å². The normalized spacial score (nSPS) is 16.3. The van der Waals surface area contributed by atoms with Crippen molar-refractivity contribution in [3.8, 4) is 0 Å². The molecular weight excluding hydrogens is 344 g/mol. The maximum Gasteiger partial charge on any atom is 0.303 e. The highest BCUT2D eigenvalue weighted by Crippen LogP contribution is 2.07. The number of unbranched alkanes of at least 4 members (excludes halogenated alkanes) is 2. The number of rotatable bonds is 15. The highest BCUT2D eigenvalue weighted by Gasteiger charge is 2.11. The number of allylic oxidation sites excluding steroid dienone is 7. The van der Waals surface area contributed by atoms with E-state index in [-0.39, 0.29) is 6.42 Å². The second-order valence-corrected chi connectivity index (χ2v) is 6.30. The van der Waals surface area contributed by atoms with E-state index >= 15 is 0 Å². The molecule has 27 heavy (non-hydrogen) atoms. The second kappa shape index (κ2) is 17.5. The van der Waals surface area contributed by atoms with Crippen LogP contribution in [0.4, 0.5) is 0 Å². The van der Waals surface area contributed by atoms with E-state index in [9.17, 15) is 20.1 Å². The van der Waals surface area contributed by atoms with E-state index < -0.39 is 24.3 Å². The number of hydrogen-bond donors (Lipinski definition) is 4. The van der Waals surface area contributed by atoms with Crippen LogP contribution in [0, 0.1) is 0 Å². The van der Waals surface area contributed by atoms with Gasteiger partial charge >= 0.3 is 5.97 Å². The summed E-state index contributed by atoms with van der Waals surface area (Å²) in [6.07, 6.45) is 19.8. The fraction of sp³-hybridized carbons (Fsp3) is 0.500. The van der Waals surface area contributed by atoms with E-state index in [4.69, 9.17) is 5.11 Å². The fourth-order valence-electron chi connectivity index (χ4n) is 2.17. The molecule has 0 aromatic rings. The first-order valence-electron chi connectivity index (χ1n) is 9.56. The minimum Gasteiger partial charge on any atom is -0.481 e. The Bertz CT molecular complexity index is 517. The van der Waals surface area contributed by atoms with Crippen LogP contribution in [0.25, 0.3) is 0 Å². The summed E-state index contributed by atoms with van der Waals surface area (Å²) in [5, 5.41) is 37.8. The van der Waals surface area contributed by atoms with Gasteiger partial charge in [0.2, 0.25) is 0 Å². The Morgan fingerprint density at radius 2 is 1.52 bits per heavy atom. The molecule has 5 heteroatoms. The highest BCUT2D eigenvalue weighted by molar-refractivity contribution is 5.66. The molecule has 0 heterocycles. The standard InChI is InChI=1S/C22H34O5/c1-2-3-9-16-20(24)21(25)17-12-7-5-4-6-10-14-19(23)15-11-8-13-18-22(26)27/h4-8,10-12,14,17,19-21,23-25H,2-3,9,13,15-16,18H2,1H3,(H,26,27). The summed E-state index contributed by atoms with van der Waals surface area (Å²) in [6.45, 7) is 2.10. The molecule has 3 atom stereocenters. The van der Waals surface area contributed by atoms with Gasteiger partial charge in [-0.3, -0.25) is 4.79 Å². The monoisotopic (exact) mass is 378 g/mol. The van der Waals surface area contributed by atoms with Crippen molar-refractivity contribution < 1.29 is 25.2 Å². The molecule has 0 aromatic heterocycles. The molecule has 0 rings (SSSR count). The van der Waals surface area contributed by atoms with Crippen LogP contribution in [0.15, 0.2) is 60.8 Å². The first-order valence-corrected chi connectivity index (χ1v) is 9.56. The molecule has 3 unspecified atom stereocenters. The molecule has 0 amide bonds. The molecule has 4 N–H and O–H groups in total. The van der Waals surface area contributed by atoms with Gasteiger partial charge in [-0.25, -0.2) is 0 Å². The molecule has 0 saturated carbocycles. The summed E-state index contributed by atoms with van der Waals surface area (Å²) in [4.78, 5) is 10.3. The molecule has 0 aromatic carbocycles. The molecule has 0 spiro atoms. The third-order valence-electron chi connectivity index (χ3n) is 3.76. The van der Waals surface area contributed by atoms with E-state index in [1.165, 1.54) is 0 Å². The van der Waals surface area contributed by atoms with E-state index in [0.717, 1.165) is 19.3 Å². The summed E-state index contributed by atoms with van der Waals surface area (Å²) < 4.78 is 0. The van der Waals surface area contributed by atoms with Gasteiger partial charge in [-0.2, -0.15) is 0 Å². The molecule has 0 bridgehead atoms. The molecule has 0 saturated heterocycles. The first-order chi connectivity index (χ1) is 13.0. The molecule has 0 aliphatic rings. The van der Waals surface area contributed by atoms with Crippen LogP contribution in [-0.4, -0.2) is 44.7 Å². The Hall–Kier alpha value is -1.95. The first kappa shape index (κ1) is 25.1. The van der Waals surface area contributed by atoms with Crippen molar-refractivity contribution in [3.63, 3.8) is 0 Å². The Kier molecular flexibility index (Phi) is 16.2. The average Bonchev–Trinajstić information content (AvgIpc) is 2.63. The Morgan fingerprint density at radius 1 is 0.889 bits per heavy atom. The molecule has 5 nitrogen and oxygen atoms in total. The SMILES string of the molecule is CCCCCC(O)C(O)C=CC=CC=CC=CC(O)CC=CCCC(=O)O. The van der Waals surface area contributed by atoms with Crippen LogP contribution in [0.2, 0.25) is 0 Å². The predicted octanol–water partition coefficient (Wildman–Crippen LogP) is 3.69. The van der Waals surface area contributed by atoms with Crippen LogP contribution in [0.1, 0.15) is 51.9 Å². The van der Waals surface area contributed by atoms with Gasteiger partial charge in [-0.1, -0.05) is 86.9 Å². The van der Waals surface area contributed by atoms with E-state index in [1.54, 1.807) is 60.8 Å². The van der Waals surface area contributed by atoms with Crippen molar-refractivity contribution in [2.75, 3.05) is 0 Å². The minimum absolute atomic E-state index is 0.0980. The molecule has 0 aliphatic carbocycles. The average molecular weight is 379 g/mol. The maximum atomic E-state index is 10.3. The third-order valence-corrected chi connectivity index (χ3v) is 3.76. The van der Waals surface area contributed by atoms with Gasteiger partial charge < -0.3 is 20.4 Å². The Labute approximate surface area is 162 Å². The van der Waals surface area contributed by atoms with Crippen molar-refractivity contribution in [1.29, 1.82) is 0 Å². The van der Waals surface area contributed by atoms with Gasteiger partial charge in [0, 0.05) is 6.42 Å². The van der Waals surface area contributed by atoms with Crippen molar-refractivity contribution in [1.82, 2.24) is 0 Å². The number of carbonyl (C=O) groups is 1. The summed E-state index contributed by atoms with van der Waals surface area (Å²) in [6, 6.07) is 0. The highest BCUT2D eigenvalue weighted by atomic mass is 16.4. The number of aliphatic carboxylic acids is 1.